The first-order valence-electron chi connectivity index (χ1n) is 8.57. The Hall–Kier alpha value is -2.18. The third-order valence-corrected chi connectivity index (χ3v) is 5.09. The van der Waals surface area contributed by atoms with Gasteiger partial charge < -0.3 is 10.3 Å². The summed E-state index contributed by atoms with van der Waals surface area (Å²) in [5.41, 5.74) is 8.71. The first kappa shape index (κ1) is 16.3. The zero-order chi connectivity index (χ0) is 17.4. The SMILES string of the molecule is CCc1c(-c2nc(C3(N)CCCC3)no2)cnn1-c1cccc(Cl)c1. The maximum atomic E-state index is 6.43. The molecule has 3 aromatic rings. The Bertz CT molecular complexity index is 895. The number of aromatic nitrogens is 4. The van der Waals surface area contributed by atoms with Crippen LogP contribution in [0.5, 0.6) is 0 Å². The van der Waals surface area contributed by atoms with Crippen molar-refractivity contribution < 1.29 is 4.52 Å². The van der Waals surface area contributed by atoms with Crippen molar-refractivity contribution in [2.45, 2.75) is 44.6 Å². The molecular formula is C18H20ClN5O. The van der Waals surface area contributed by atoms with Gasteiger partial charge in [-0.15, -0.1) is 0 Å². The van der Waals surface area contributed by atoms with Crippen molar-refractivity contribution in [3.05, 3.63) is 47.0 Å². The molecule has 0 amide bonds. The van der Waals surface area contributed by atoms with Crippen LogP contribution in [0.25, 0.3) is 17.1 Å². The molecule has 0 atom stereocenters. The first-order chi connectivity index (χ1) is 12.1. The summed E-state index contributed by atoms with van der Waals surface area (Å²) in [6, 6.07) is 7.59. The fraction of sp³-hybridized carbons (Fsp3) is 0.389. The lowest BCUT2D eigenvalue weighted by Crippen LogP contribution is -2.34. The van der Waals surface area contributed by atoms with Gasteiger partial charge in [-0.3, -0.25) is 0 Å². The van der Waals surface area contributed by atoms with E-state index in [1.165, 1.54) is 0 Å². The molecule has 2 aromatic heterocycles. The molecule has 1 aliphatic rings. The lowest BCUT2D eigenvalue weighted by molar-refractivity contribution is 0.372. The van der Waals surface area contributed by atoms with Gasteiger partial charge in [0.25, 0.3) is 5.89 Å². The number of rotatable bonds is 4. The minimum atomic E-state index is -0.461. The Kier molecular flexibility index (Phi) is 4.09. The standard InChI is InChI=1S/C18H20ClN5O/c1-2-15-14(11-21-24(15)13-7-5-6-12(19)10-13)16-22-17(23-25-16)18(20)8-3-4-9-18/h5-7,10-11H,2-4,8-9,20H2,1H3. The van der Waals surface area contributed by atoms with E-state index in [2.05, 4.69) is 22.2 Å². The van der Waals surface area contributed by atoms with Gasteiger partial charge in [0.1, 0.15) is 0 Å². The molecule has 6 nitrogen and oxygen atoms in total. The van der Waals surface area contributed by atoms with Crippen LogP contribution in [-0.4, -0.2) is 19.9 Å². The number of halogens is 1. The van der Waals surface area contributed by atoms with Crippen LogP contribution >= 0.6 is 11.6 Å². The molecule has 2 N–H and O–H groups in total. The highest BCUT2D eigenvalue weighted by Gasteiger charge is 2.36. The van der Waals surface area contributed by atoms with Gasteiger partial charge in [-0.1, -0.05) is 42.6 Å². The summed E-state index contributed by atoms with van der Waals surface area (Å²) < 4.78 is 7.38. The minimum absolute atomic E-state index is 0.461. The zero-order valence-corrected chi connectivity index (χ0v) is 14.8. The Morgan fingerprint density at radius 1 is 1.32 bits per heavy atom. The Balaban J connectivity index is 1.73. The van der Waals surface area contributed by atoms with Gasteiger partial charge in [0.15, 0.2) is 5.82 Å². The summed E-state index contributed by atoms with van der Waals surface area (Å²) in [5.74, 6) is 1.06. The molecule has 4 rings (SSSR count). The van der Waals surface area contributed by atoms with E-state index in [1.54, 1.807) is 6.20 Å². The molecular weight excluding hydrogens is 338 g/mol. The van der Waals surface area contributed by atoms with Gasteiger partial charge in [-0.05, 0) is 37.5 Å². The third-order valence-electron chi connectivity index (χ3n) is 4.85. The highest BCUT2D eigenvalue weighted by Crippen LogP contribution is 2.36. The summed E-state index contributed by atoms with van der Waals surface area (Å²) >= 11 is 6.11. The molecule has 1 fully saturated rings. The molecule has 0 bridgehead atoms. The summed E-state index contributed by atoms with van der Waals surface area (Å²) in [6.07, 6.45) is 6.53. The molecule has 130 valence electrons. The second-order valence-corrected chi connectivity index (χ2v) is 6.97. The lowest BCUT2D eigenvalue weighted by atomic mass is 9.99. The van der Waals surface area contributed by atoms with Crippen molar-refractivity contribution in [1.29, 1.82) is 0 Å². The fourth-order valence-electron chi connectivity index (χ4n) is 3.49. The van der Waals surface area contributed by atoms with Crippen molar-refractivity contribution in [3.63, 3.8) is 0 Å². The number of hydrogen-bond acceptors (Lipinski definition) is 5. The van der Waals surface area contributed by atoms with E-state index in [-0.39, 0.29) is 0 Å². The second-order valence-electron chi connectivity index (χ2n) is 6.54. The van der Waals surface area contributed by atoms with Crippen LogP contribution in [-0.2, 0) is 12.0 Å². The molecule has 1 saturated carbocycles. The highest BCUT2D eigenvalue weighted by molar-refractivity contribution is 6.30. The van der Waals surface area contributed by atoms with Gasteiger partial charge >= 0.3 is 0 Å². The number of nitrogens with two attached hydrogens (primary N) is 1. The third kappa shape index (κ3) is 2.85. The van der Waals surface area contributed by atoms with Crippen molar-refractivity contribution in [3.8, 4) is 17.1 Å². The van der Waals surface area contributed by atoms with E-state index in [9.17, 15) is 0 Å². The number of hydrogen-bond donors (Lipinski definition) is 1. The van der Waals surface area contributed by atoms with E-state index in [0.717, 1.165) is 49.0 Å². The van der Waals surface area contributed by atoms with Gasteiger partial charge in [0.2, 0.25) is 0 Å². The monoisotopic (exact) mass is 357 g/mol. The van der Waals surface area contributed by atoms with E-state index in [1.807, 2.05) is 28.9 Å². The molecule has 0 spiro atoms. The van der Waals surface area contributed by atoms with Crippen molar-refractivity contribution in [2.24, 2.45) is 5.73 Å². The van der Waals surface area contributed by atoms with Crippen LogP contribution in [0.3, 0.4) is 0 Å². The molecule has 0 radical (unpaired) electrons. The first-order valence-corrected chi connectivity index (χ1v) is 8.95. The summed E-state index contributed by atoms with van der Waals surface area (Å²) in [4.78, 5) is 4.59. The smallest absolute Gasteiger partial charge is 0.261 e. The van der Waals surface area contributed by atoms with Crippen LogP contribution in [0.4, 0.5) is 0 Å². The van der Waals surface area contributed by atoms with Gasteiger partial charge in [-0.2, -0.15) is 10.1 Å². The highest BCUT2D eigenvalue weighted by atomic mass is 35.5. The average Bonchev–Trinajstić information content (AvgIpc) is 3.33. The van der Waals surface area contributed by atoms with Gasteiger partial charge in [0, 0.05) is 5.02 Å². The lowest BCUT2D eigenvalue weighted by Gasteiger charge is -2.17. The Morgan fingerprint density at radius 2 is 2.12 bits per heavy atom. The molecule has 0 aliphatic heterocycles. The molecule has 2 heterocycles. The maximum absolute atomic E-state index is 6.43. The van der Waals surface area contributed by atoms with Gasteiger partial charge in [-0.25, -0.2) is 4.68 Å². The summed E-state index contributed by atoms with van der Waals surface area (Å²) in [6.45, 7) is 2.07. The molecule has 1 aliphatic carbocycles. The van der Waals surface area contributed by atoms with Crippen LogP contribution in [0.2, 0.25) is 5.02 Å². The molecule has 25 heavy (non-hydrogen) atoms. The van der Waals surface area contributed by atoms with Crippen molar-refractivity contribution >= 4 is 11.6 Å². The van der Waals surface area contributed by atoms with Gasteiger partial charge in [0.05, 0.1) is 28.7 Å². The normalized spacial score (nSPS) is 16.4. The maximum Gasteiger partial charge on any atom is 0.261 e. The predicted octanol–water partition coefficient (Wildman–Crippen LogP) is 3.87. The molecule has 0 unspecified atom stereocenters. The largest absolute Gasteiger partial charge is 0.334 e. The molecule has 7 heteroatoms. The van der Waals surface area contributed by atoms with E-state index in [0.29, 0.717) is 16.7 Å². The van der Waals surface area contributed by atoms with Crippen LogP contribution in [0, 0.1) is 0 Å². The Labute approximate surface area is 151 Å². The van der Waals surface area contributed by atoms with Crippen molar-refractivity contribution in [1.82, 2.24) is 19.9 Å². The summed E-state index contributed by atoms with van der Waals surface area (Å²) in [7, 11) is 0. The van der Waals surface area contributed by atoms with E-state index in [4.69, 9.17) is 21.9 Å². The van der Waals surface area contributed by atoms with E-state index >= 15 is 0 Å². The second kappa shape index (κ2) is 6.28. The van der Waals surface area contributed by atoms with Crippen LogP contribution in [0.15, 0.2) is 35.0 Å². The fourth-order valence-corrected chi connectivity index (χ4v) is 3.67. The quantitative estimate of drug-likeness (QED) is 0.766. The zero-order valence-electron chi connectivity index (χ0n) is 14.1. The molecule has 1 aromatic carbocycles. The summed E-state index contributed by atoms with van der Waals surface area (Å²) in [5, 5.41) is 9.32. The van der Waals surface area contributed by atoms with Crippen molar-refractivity contribution in [2.75, 3.05) is 0 Å². The minimum Gasteiger partial charge on any atom is -0.334 e. The topological polar surface area (TPSA) is 82.8 Å². The van der Waals surface area contributed by atoms with E-state index < -0.39 is 5.54 Å². The average molecular weight is 358 g/mol. The molecule has 0 saturated heterocycles. The predicted molar refractivity (Wildman–Crippen MR) is 95.6 cm³/mol. The Morgan fingerprint density at radius 3 is 2.84 bits per heavy atom. The van der Waals surface area contributed by atoms with Crippen LogP contribution < -0.4 is 5.73 Å². The van der Waals surface area contributed by atoms with Crippen LogP contribution in [0.1, 0.15) is 44.1 Å². The number of benzene rings is 1. The number of nitrogens with zero attached hydrogens (tertiary/aromatic N) is 4.